The van der Waals surface area contributed by atoms with Crippen LogP contribution in [0.2, 0.25) is 0 Å². The quantitative estimate of drug-likeness (QED) is 0.632. The topological polar surface area (TPSA) is 71.0 Å². The summed E-state index contributed by atoms with van der Waals surface area (Å²) < 4.78 is 5.24. The maximum atomic E-state index is 12.4. The first-order valence-corrected chi connectivity index (χ1v) is 8.97. The number of ether oxygens (including phenoxy) is 1. The lowest BCUT2D eigenvalue weighted by molar-refractivity contribution is -0.126. The fourth-order valence-corrected chi connectivity index (χ4v) is 3.07. The molecule has 1 fully saturated rings. The number of hydrazone groups is 1. The molecule has 2 aromatic rings. The highest BCUT2D eigenvalue weighted by Crippen LogP contribution is 2.25. The van der Waals surface area contributed by atoms with Gasteiger partial charge in [0.1, 0.15) is 5.75 Å². The van der Waals surface area contributed by atoms with Gasteiger partial charge in [0.25, 0.3) is 0 Å². The molecule has 2 aromatic carbocycles. The first kappa shape index (κ1) is 18.6. The predicted octanol–water partition coefficient (Wildman–Crippen LogP) is 2.76. The van der Waals surface area contributed by atoms with E-state index in [1.54, 1.807) is 12.0 Å². The molecule has 0 bridgehead atoms. The van der Waals surface area contributed by atoms with E-state index in [0.29, 0.717) is 12.3 Å². The number of para-hydroxylation sites is 1. The second-order valence-electron chi connectivity index (χ2n) is 6.40. The first-order chi connectivity index (χ1) is 13.1. The van der Waals surface area contributed by atoms with Gasteiger partial charge in [-0.2, -0.15) is 5.10 Å². The Morgan fingerprint density at radius 1 is 1.26 bits per heavy atom. The molecule has 27 heavy (non-hydrogen) atoms. The minimum atomic E-state index is -0.418. The highest BCUT2D eigenvalue weighted by molar-refractivity contribution is 6.00. The van der Waals surface area contributed by atoms with E-state index in [-0.39, 0.29) is 18.2 Å². The van der Waals surface area contributed by atoms with E-state index in [9.17, 15) is 9.59 Å². The summed E-state index contributed by atoms with van der Waals surface area (Å²) in [6.07, 6.45) is 2.67. The van der Waals surface area contributed by atoms with Gasteiger partial charge in [0.15, 0.2) is 0 Å². The maximum absolute atomic E-state index is 12.4. The molecule has 0 unspecified atom stereocenters. The van der Waals surface area contributed by atoms with Gasteiger partial charge in [0.2, 0.25) is 11.8 Å². The highest BCUT2D eigenvalue weighted by atomic mass is 16.5. The monoisotopic (exact) mass is 365 g/mol. The van der Waals surface area contributed by atoms with E-state index in [4.69, 9.17) is 4.74 Å². The van der Waals surface area contributed by atoms with Crippen LogP contribution in [0.3, 0.4) is 0 Å². The number of anilines is 1. The Hall–Kier alpha value is -3.15. The van der Waals surface area contributed by atoms with Crippen LogP contribution in [0.15, 0.2) is 53.6 Å². The molecule has 6 heteroatoms. The summed E-state index contributed by atoms with van der Waals surface area (Å²) in [6.45, 7) is 2.45. The molecule has 2 amide bonds. The van der Waals surface area contributed by atoms with Crippen molar-refractivity contribution < 1.29 is 14.3 Å². The fourth-order valence-electron chi connectivity index (χ4n) is 3.07. The highest BCUT2D eigenvalue weighted by Gasteiger charge is 2.35. The van der Waals surface area contributed by atoms with E-state index in [2.05, 4.69) is 17.5 Å². The van der Waals surface area contributed by atoms with Crippen LogP contribution >= 0.6 is 0 Å². The second kappa shape index (κ2) is 8.49. The van der Waals surface area contributed by atoms with Crippen molar-refractivity contribution in [3.05, 3.63) is 59.7 Å². The number of nitrogens with zero attached hydrogens (tertiary/aromatic N) is 2. The SMILES string of the molecule is CCc1ccc(N2C[C@H](C(=O)NN=Cc3ccccc3OC)CC2=O)cc1. The first-order valence-electron chi connectivity index (χ1n) is 8.97. The number of methoxy groups -OCH3 is 1. The number of hydrogen-bond donors (Lipinski definition) is 1. The summed E-state index contributed by atoms with van der Waals surface area (Å²) in [6, 6.07) is 15.3. The van der Waals surface area contributed by atoms with Crippen LogP contribution in [0.4, 0.5) is 5.69 Å². The molecule has 0 spiro atoms. The molecule has 140 valence electrons. The number of amides is 2. The van der Waals surface area contributed by atoms with Gasteiger partial charge >= 0.3 is 0 Å². The third kappa shape index (κ3) is 4.34. The van der Waals surface area contributed by atoms with Gasteiger partial charge in [0.05, 0.1) is 19.2 Å². The molecule has 1 N–H and O–H groups in total. The Labute approximate surface area is 158 Å². The molecule has 6 nitrogen and oxygen atoms in total. The predicted molar refractivity (Wildman–Crippen MR) is 105 cm³/mol. The number of rotatable bonds is 6. The van der Waals surface area contributed by atoms with Crippen molar-refractivity contribution in [1.29, 1.82) is 0 Å². The molecule has 1 aliphatic rings. The largest absolute Gasteiger partial charge is 0.496 e. The van der Waals surface area contributed by atoms with Crippen molar-refractivity contribution in [1.82, 2.24) is 5.43 Å². The van der Waals surface area contributed by atoms with E-state index < -0.39 is 5.92 Å². The molecule has 1 saturated heterocycles. The third-order valence-electron chi connectivity index (χ3n) is 4.67. The van der Waals surface area contributed by atoms with Crippen LogP contribution in [0.5, 0.6) is 5.75 Å². The number of carbonyl (C=O) groups excluding carboxylic acids is 2. The molecule has 1 heterocycles. The molecule has 0 aromatic heterocycles. The summed E-state index contributed by atoms with van der Waals surface area (Å²) in [4.78, 5) is 26.4. The van der Waals surface area contributed by atoms with Gasteiger partial charge in [-0.25, -0.2) is 5.43 Å². The zero-order valence-corrected chi connectivity index (χ0v) is 15.5. The summed E-state index contributed by atoms with van der Waals surface area (Å²) in [5.74, 6) is -0.0540. The average Bonchev–Trinajstić information content (AvgIpc) is 3.10. The van der Waals surface area contributed by atoms with Gasteiger partial charge in [0, 0.05) is 24.2 Å². The lowest BCUT2D eigenvalue weighted by atomic mass is 10.1. The van der Waals surface area contributed by atoms with Gasteiger partial charge in [-0.15, -0.1) is 0 Å². The number of carbonyl (C=O) groups is 2. The minimum absolute atomic E-state index is 0.0480. The van der Waals surface area contributed by atoms with Crippen molar-refractivity contribution in [3.8, 4) is 5.75 Å². The Kier molecular flexibility index (Phi) is 5.86. The minimum Gasteiger partial charge on any atom is -0.496 e. The summed E-state index contributed by atoms with van der Waals surface area (Å²) in [5.41, 5.74) is 5.33. The summed E-state index contributed by atoms with van der Waals surface area (Å²) >= 11 is 0. The summed E-state index contributed by atoms with van der Waals surface area (Å²) in [7, 11) is 1.58. The maximum Gasteiger partial charge on any atom is 0.245 e. The van der Waals surface area contributed by atoms with Crippen LogP contribution in [-0.4, -0.2) is 31.7 Å². The molecular weight excluding hydrogens is 342 g/mol. The molecule has 0 radical (unpaired) electrons. The summed E-state index contributed by atoms with van der Waals surface area (Å²) in [5, 5.41) is 4.01. The standard InChI is InChI=1S/C21H23N3O3/c1-3-15-8-10-18(11-9-15)24-14-17(12-20(24)25)21(26)23-22-13-16-6-4-5-7-19(16)27-2/h4-11,13,17H,3,12,14H2,1-2H3,(H,23,26)/t17-/m1/s1. The van der Waals surface area contributed by atoms with Crippen LogP contribution in [0.25, 0.3) is 0 Å². The van der Waals surface area contributed by atoms with Crippen molar-refractivity contribution >= 4 is 23.7 Å². The third-order valence-corrected chi connectivity index (χ3v) is 4.67. The van der Waals surface area contributed by atoms with Gasteiger partial charge in [-0.1, -0.05) is 31.2 Å². The average molecular weight is 365 g/mol. The Bertz CT molecular complexity index is 846. The Morgan fingerprint density at radius 2 is 2.00 bits per heavy atom. The molecule has 0 aliphatic carbocycles. The van der Waals surface area contributed by atoms with Gasteiger partial charge in [-0.05, 0) is 36.2 Å². The molecule has 1 atom stereocenters. The number of benzene rings is 2. The number of nitrogens with one attached hydrogen (secondary N) is 1. The molecule has 0 saturated carbocycles. The van der Waals surface area contributed by atoms with E-state index in [1.807, 2.05) is 48.5 Å². The van der Waals surface area contributed by atoms with E-state index in [1.165, 1.54) is 11.8 Å². The zero-order valence-electron chi connectivity index (χ0n) is 15.5. The number of hydrogen-bond acceptors (Lipinski definition) is 4. The van der Waals surface area contributed by atoms with Crippen molar-refractivity contribution in [2.45, 2.75) is 19.8 Å². The van der Waals surface area contributed by atoms with Crippen molar-refractivity contribution in [3.63, 3.8) is 0 Å². The lowest BCUT2D eigenvalue weighted by Crippen LogP contribution is -2.30. The Balaban J connectivity index is 1.61. The second-order valence-corrected chi connectivity index (χ2v) is 6.40. The normalized spacial score (nSPS) is 16.7. The van der Waals surface area contributed by atoms with Crippen LogP contribution in [-0.2, 0) is 16.0 Å². The van der Waals surface area contributed by atoms with Gasteiger partial charge in [-0.3, -0.25) is 9.59 Å². The molecule has 1 aliphatic heterocycles. The van der Waals surface area contributed by atoms with Crippen LogP contribution in [0, 0.1) is 5.92 Å². The zero-order chi connectivity index (χ0) is 19.2. The Morgan fingerprint density at radius 3 is 2.70 bits per heavy atom. The van der Waals surface area contributed by atoms with Gasteiger partial charge < -0.3 is 9.64 Å². The van der Waals surface area contributed by atoms with Crippen LogP contribution in [0.1, 0.15) is 24.5 Å². The smallest absolute Gasteiger partial charge is 0.245 e. The van der Waals surface area contributed by atoms with E-state index >= 15 is 0 Å². The molecular formula is C21H23N3O3. The lowest BCUT2D eigenvalue weighted by Gasteiger charge is -2.16. The van der Waals surface area contributed by atoms with Crippen molar-refractivity contribution in [2.24, 2.45) is 11.0 Å². The van der Waals surface area contributed by atoms with Crippen molar-refractivity contribution in [2.75, 3.05) is 18.6 Å². The fraction of sp³-hybridized carbons (Fsp3) is 0.286. The van der Waals surface area contributed by atoms with Crippen LogP contribution < -0.4 is 15.1 Å². The van der Waals surface area contributed by atoms with E-state index in [0.717, 1.165) is 17.7 Å². The number of aryl methyl sites for hydroxylation is 1. The molecule has 3 rings (SSSR count).